The lowest BCUT2D eigenvalue weighted by Gasteiger charge is -2.34. The number of pyridine rings is 1. The Morgan fingerprint density at radius 3 is 2.37 bits per heavy atom. The molecule has 35 heavy (non-hydrogen) atoms. The Morgan fingerprint density at radius 2 is 1.63 bits per heavy atom. The van der Waals surface area contributed by atoms with Crippen LogP contribution in [-0.4, -0.2) is 77.6 Å². The van der Waals surface area contributed by atoms with Crippen LogP contribution in [0, 0.1) is 0 Å². The number of benzene rings is 1. The predicted molar refractivity (Wildman–Crippen MR) is 143 cm³/mol. The molecular weight excluding hydrogens is 434 g/mol. The molecule has 0 aliphatic carbocycles. The minimum atomic E-state index is 0.598. The number of hydrogen-bond donors (Lipinski definition) is 1. The number of hydrogen-bond acceptors (Lipinski definition) is 7. The van der Waals surface area contributed by atoms with E-state index in [4.69, 9.17) is 9.97 Å². The number of piperazine rings is 1. The first-order valence-electron chi connectivity index (χ1n) is 13.0. The highest BCUT2D eigenvalue weighted by Crippen LogP contribution is 2.23. The molecule has 5 rings (SSSR count). The van der Waals surface area contributed by atoms with E-state index < -0.39 is 0 Å². The molecule has 7 nitrogen and oxygen atoms in total. The van der Waals surface area contributed by atoms with Gasteiger partial charge in [-0.1, -0.05) is 6.42 Å². The quantitative estimate of drug-likeness (QED) is 0.521. The first-order valence-corrected chi connectivity index (χ1v) is 13.0. The van der Waals surface area contributed by atoms with Crippen LogP contribution in [0.25, 0.3) is 11.3 Å². The van der Waals surface area contributed by atoms with Crippen LogP contribution >= 0.6 is 0 Å². The Bertz CT molecular complexity index is 1050. The summed E-state index contributed by atoms with van der Waals surface area (Å²) in [5.41, 5.74) is 5.30. The van der Waals surface area contributed by atoms with E-state index in [9.17, 15) is 0 Å². The zero-order chi connectivity index (χ0) is 23.9. The van der Waals surface area contributed by atoms with Crippen LogP contribution in [0.2, 0.25) is 0 Å². The number of aryl methyl sites for hydroxylation is 1. The van der Waals surface area contributed by atoms with Crippen LogP contribution in [0.15, 0.2) is 54.9 Å². The summed E-state index contributed by atoms with van der Waals surface area (Å²) in [5.74, 6) is 0.598. The SMILES string of the molecule is CN1CCN(c2ccc(Nc3nccc(-c4ccc(CCCN5CCCCC5)nc4)n3)cc2)CC1. The van der Waals surface area contributed by atoms with Crippen molar-refractivity contribution >= 4 is 17.3 Å². The van der Waals surface area contributed by atoms with E-state index in [2.05, 4.69) is 68.4 Å². The van der Waals surface area contributed by atoms with Gasteiger partial charge in [0.1, 0.15) is 0 Å². The molecule has 0 bridgehead atoms. The monoisotopic (exact) mass is 471 g/mol. The number of likely N-dealkylation sites (tertiary alicyclic amines) is 1. The van der Waals surface area contributed by atoms with Crippen molar-refractivity contribution in [2.75, 3.05) is 63.1 Å². The summed E-state index contributed by atoms with van der Waals surface area (Å²) in [5, 5.41) is 3.35. The number of piperidine rings is 1. The molecule has 4 heterocycles. The van der Waals surface area contributed by atoms with Crippen LogP contribution in [0.4, 0.5) is 17.3 Å². The Labute approximate surface area is 209 Å². The molecule has 2 saturated heterocycles. The van der Waals surface area contributed by atoms with Gasteiger partial charge in [-0.3, -0.25) is 4.98 Å². The number of anilines is 3. The smallest absolute Gasteiger partial charge is 0.227 e. The Kier molecular flexibility index (Phi) is 7.85. The summed E-state index contributed by atoms with van der Waals surface area (Å²) in [7, 11) is 2.18. The van der Waals surface area contributed by atoms with Crippen LogP contribution in [-0.2, 0) is 6.42 Å². The van der Waals surface area contributed by atoms with Gasteiger partial charge in [0.05, 0.1) is 5.69 Å². The topological polar surface area (TPSA) is 60.4 Å². The third-order valence-corrected chi connectivity index (χ3v) is 7.12. The van der Waals surface area contributed by atoms with E-state index in [0.29, 0.717) is 5.95 Å². The van der Waals surface area contributed by atoms with Gasteiger partial charge in [-0.2, -0.15) is 0 Å². The van der Waals surface area contributed by atoms with E-state index in [1.165, 1.54) is 51.0 Å². The van der Waals surface area contributed by atoms with Crippen molar-refractivity contribution < 1.29 is 0 Å². The molecule has 1 N–H and O–H groups in total. The lowest BCUT2D eigenvalue weighted by molar-refractivity contribution is 0.226. The second-order valence-corrected chi connectivity index (χ2v) is 9.77. The largest absolute Gasteiger partial charge is 0.369 e. The third-order valence-electron chi connectivity index (χ3n) is 7.12. The second kappa shape index (κ2) is 11.6. The fourth-order valence-corrected chi connectivity index (χ4v) is 4.92. The van der Waals surface area contributed by atoms with Gasteiger partial charge in [0.2, 0.25) is 5.95 Å². The van der Waals surface area contributed by atoms with Crippen molar-refractivity contribution in [3.8, 4) is 11.3 Å². The van der Waals surface area contributed by atoms with Gasteiger partial charge in [-0.05, 0) is 94.8 Å². The summed E-state index contributed by atoms with van der Waals surface area (Å²) < 4.78 is 0. The highest BCUT2D eigenvalue weighted by molar-refractivity contribution is 5.63. The second-order valence-electron chi connectivity index (χ2n) is 9.77. The molecule has 2 fully saturated rings. The van der Waals surface area contributed by atoms with E-state index >= 15 is 0 Å². The highest BCUT2D eigenvalue weighted by Gasteiger charge is 2.14. The molecule has 1 aromatic carbocycles. The normalized spacial score (nSPS) is 17.5. The Morgan fingerprint density at radius 1 is 0.829 bits per heavy atom. The van der Waals surface area contributed by atoms with Crippen molar-refractivity contribution in [3.63, 3.8) is 0 Å². The van der Waals surface area contributed by atoms with Crippen LogP contribution < -0.4 is 10.2 Å². The van der Waals surface area contributed by atoms with Crippen LogP contribution in [0.1, 0.15) is 31.4 Å². The molecule has 0 unspecified atom stereocenters. The average Bonchev–Trinajstić information content (AvgIpc) is 2.91. The molecular formula is C28H37N7. The van der Waals surface area contributed by atoms with Gasteiger partial charge >= 0.3 is 0 Å². The summed E-state index contributed by atoms with van der Waals surface area (Å²) in [6.45, 7) is 8.05. The lowest BCUT2D eigenvalue weighted by Crippen LogP contribution is -2.44. The fourth-order valence-electron chi connectivity index (χ4n) is 4.92. The average molecular weight is 472 g/mol. The lowest BCUT2D eigenvalue weighted by atomic mass is 10.1. The molecule has 0 radical (unpaired) electrons. The first-order chi connectivity index (χ1) is 17.2. The molecule has 0 amide bonds. The maximum absolute atomic E-state index is 4.73. The number of nitrogens with zero attached hydrogens (tertiary/aromatic N) is 6. The van der Waals surface area contributed by atoms with Crippen molar-refractivity contribution in [3.05, 3.63) is 60.6 Å². The van der Waals surface area contributed by atoms with Crippen molar-refractivity contribution in [2.24, 2.45) is 0 Å². The molecule has 2 aliphatic heterocycles. The van der Waals surface area contributed by atoms with Gasteiger partial charge < -0.3 is 20.0 Å². The zero-order valence-electron chi connectivity index (χ0n) is 20.9. The predicted octanol–water partition coefficient (Wildman–Crippen LogP) is 4.45. The molecule has 0 saturated carbocycles. The molecule has 2 aliphatic rings. The summed E-state index contributed by atoms with van der Waals surface area (Å²) in [6.07, 6.45) is 10.0. The van der Waals surface area contributed by atoms with Crippen LogP contribution in [0.5, 0.6) is 0 Å². The highest BCUT2D eigenvalue weighted by atomic mass is 15.2. The number of rotatable bonds is 8. The Balaban J connectivity index is 1.16. The van der Waals surface area contributed by atoms with Gasteiger partial charge in [0.25, 0.3) is 0 Å². The number of nitrogens with one attached hydrogen (secondary N) is 1. The Hall–Kier alpha value is -3.03. The summed E-state index contributed by atoms with van der Waals surface area (Å²) in [6, 6.07) is 14.7. The maximum Gasteiger partial charge on any atom is 0.227 e. The standard InChI is InChI=1S/C28H37N7/c1-33-18-20-35(21-19-33)26-11-9-25(10-12-26)31-28-29-14-13-27(32-28)23-7-8-24(30-22-23)6-5-17-34-15-3-2-4-16-34/h7-14,22H,2-6,15-21H2,1H3,(H,29,31,32). The molecule has 184 valence electrons. The molecule has 0 atom stereocenters. The van der Waals surface area contributed by atoms with Crippen molar-refractivity contribution in [2.45, 2.75) is 32.1 Å². The summed E-state index contributed by atoms with van der Waals surface area (Å²) >= 11 is 0. The maximum atomic E-state index is 4.73. The van der Waals surface area contributed by atoms with E-state index in [1.807, 2.05) is 12.3 Å². The van der Waals surface area contributed by atoms with E-state index in [-0.39, 0.29) is 0 Å². The minimum absolute atomic E-state index is 0.598. The number of likely N-dealkylation sites (N-methyl/N-ethyl adjacent to an activating group) is 1. The minimum Gasteiger partial charge on any atom is -0.369 e. The first kappa shape index (κ1) is 23.7. The number of aromatic nitrogens is 3. The van der Waals surface area contributed by atoms with Crippen molar-refractivity contribution in [1.82, 2.24) is 24.8 Å². The van der Waals surface area contributed by atoms with Crippen molar-refractivity contribution in [1.29, 1.82) is 0 Å². The van der Waals surface area contributed by atoms with Crippen LogP contribution in [0.3, 0.4) is 0 Å². The fraction of sp³-hybridized carbons (Fsp3) is 0.464. The molecule has 7 heteroatoms. The summed E-state index contributed by atoms with van der Waals surface area (Å²) in [4.78, 5) is 21.2. The molecule has 3 aromatic rings. The molecule has 2 aromatic heterocycles. The molecule has 0 spiro atoms. The zero-order valence-corrected chi connectivity index (χ0v) is 20.9. The van der Waals surface area contributed by atoms with E-state index in [1.54, 1.807) is 6.20 Å². The van der Waals surface area contributed by atoms with Gasteiger partial charge in [-0.15, -0.1) is 0 Å². The van der Waals surface area contributed by atoms with Gasteiger partial charge in [0, 0.05) is 61.2 Å². The van der Waals surface area contributed by atoms with Gasteiger partial charge in [-0.25, -0.2) is 9.97 Å². The van der Waals surface area contributed by atoms with E-state index in [0.717, 1.165) is 55.2 Å². The van der Waals surface area contributed by atoms with Gasteiger partial charge in [0.15, 0.2) is 0 Å². The third kappa shape index (κ3) is 6.55.